The Bertz CT molecular complexity index is 584. The third-order valence-electron chi connectivity index (χ3n) is 2.66. The highest BCUT2D eigenvalue weighted by atomic mass is 79.9. The van der Waals surface area contributed by atoms with Crippen molar-refractivity contribution >= 4 is 44.8 Å². The molecule has 0 bridgehead atoms. The number of carbonyl (C=O) groups excluding carboxylic acids is 1. The lowest BCUT2D eigenvalue weighted by atomic mass is 10.1. The van der Waals surface area contributed by atoms with E-state index >= 15 is 0 Å². The summed E-state index contributed by atoms with van der Waals surface area (Å²) in [6.45, 7) is 1.98. The zero-order valence-electron chi connectivity index (χ0n) is 10.3. The highest BCUT2D eigenvalue weighted by molar-refractivity contribution is 9.11. The van der Waals surface area contributed by atoms with Gasteiger partial charge in [0.05, 0.1) is 8.66 Å². The fourth-order valence-electron chi connectivity index (χ4n) is 1.78. The Morgan fingerprint density at radius 2 is 2.11 bits per heavy atom. The maximum atomic E-state index is 12.0. The minimum absolute atomic E-state index is 0.0354. The van der Waals surface area contributed by atoms with Gasteiger partial charge in [0.1, 0.15) is 0 Å². The molecule has 0 spiro atoms. The third kappa shape index (κ3) is 4.06. The number of benzene rings is 1. The Kier molecular flexibility index (Phi) is 5.02. The van der Waals surface area contributed by atoms with Crippen LogP contribution in [-0.4, -0.2) is 11.9 Å². The smallest absolute Gasteiger partial charge is 0.261 e. The molecular formula is C14H13BrClNOS. The molecule has 5 heteroatoms. The molecule has 0 saturated carbocycles. The van der Waals surface area contributed by atoms with Crippen LogP contribution in [0, 0.1) is 0 Å². The molecule has 0 aliphatic heterocycles. The van der Waals surface area contributed by atoms with Crippen LogP contribution in [0.5, 0.6) is 0 Å². The van der Waals surface area contributed by atoms with Gasteiger partial charge in [-0.15, -0.1) is 11.3 Å². The van der Waals surface area contributed by atoms with Gasteiger partial charge in [0.25, 0.3) is 5.91 Å². The van der Waals surface area contributed by atoms with Crippen molar-refractivity contribution in [3.05, 3.63) is 55.6 Å². The molecule has 0 saturated heterocycles. The van der Waals surface area contributed by atoms with Crippen molar-refractivity contribution < 1.29 is 4.79 Å². The number of halogens is 2. The van der Waals surface area contributed by atoms with Crippen LogP contribution in [0.15, 0.2) is 40.2 Å². The van der Waals surface area contributed by atoms with E-state index in [1.165, 1.54) is 11.3 Å². The first-order valence-electron chi connectivity index (χ1n) is 5.86. The quantitative estimate of drug-likeness (QED) is 0.855. The van der Waals surface area contributed by atoms with Gasteiger partial charge in [0, 0.05) is 11.1 Å². The minimum Gasteiger partial charge on any atom is -0.349 e. The summed E-state index contributed by atoms with van der Waals surface area (Å²) in [6, 6.07) is 11.4. The molecular weight excluding hydrogens is 346 g/mol. The zero-order chi connectivity index (χ0) is 13.8. The van der Waals surface area contributed by atoms with E-state index in [1.807, 2.05) is 43.3 Å². The molecule has 100 valence electrons. The summed E-state index contributed by atoms with van der Waals surface area (Å²) in [4.78, 5) is 12.7. The van der Waals surface area contributed by atoms with E-state index in [4.69, 9.17) is 11.6 Å². The number of amides is 1. The van der Waals surface area contributed by atoms with E-state index in [2.05, 4.69) is 21.2 Å². The minimum atomic E-state index is -0.0461. The molecule has 2 aromatic rings. The van der Waals surface area contributed by atoms with E-state index in [1.54, 1.807) is 0 Å². The number of nitrogens with one attached hydrogen (secondary N) is 1. The topological polar surface area (TPSA) is 29.1 Å². The predicted molar refractivity (Wildman–Crippen MR) is 84.1 cm³/mol. The lowest BCUT2D eigenvalue weighted by Gasteiger charge is -2.14. The summed E-state index contributed by atoms with van der Waals surface area (Å²) in [5.41, 5.74) is 1.05. The van der Waals surface area contributed by atoms with Crippen molar-refractivity contribution in [2.45, 2.75) is 19.4 Å². The summed E-state index contributed by atoms with van der Waals surface area (Å²) in [5.74, 6) is -0.0461. The molecule has 0 aliphatic rings. The maximum absolute atomic E-state index is 12.0. The Morgan fingerprint density at radius 1 is 1.37 bits per heavy atom. The van der Waals surface area contributed by atoms with Crippen molar-refractivity contribution in [2.75, 3.05) is 0 Å². The van der Waals surface area contributed by atoms with E-state index < -0.39 is 0 Å². The third-order valence-corrected chi connectivity index (χ3v) is 4.65. The summed E-state index contributed by atoms with van der Waals surface area (Å²) >= 11 is 10.9. The van der Waals surface area contributed by atoms with Gasteiger partial charge >= 0.3 is 0 Å². The van der Waals surface area contributed by atoms with Crippen molar-refractivity contribution in [3.8, 4) is 0 Å². The van der Waals surface area contributed by atoms with E-state index in [0.717, 1.165) is 20.8 Å². The predicted octanol–water partition coefficient (Wildman–Crippen LogP) is 4.53. The maximum Gasteiger partial charge on any atom is 0.261 e. The summed E-state index contributed by atoms with van der Waals surface area (Å²) in [5, 5.41) is 3.72. The second-order valence-electron chi connectivity index (χ2n) is 4.27. The molecule has 1 heterocycles. The SMILES string of the molecule is CC(Cc1ccccc1Cl)NC(=O)c1ccc(Br)s1. The molecule has 1 aromatic heterocycles. The molecule has 19 heavy (non-hydrogen) atoms. The first kappa shape index (κ1) is 14.6. The lowest BCUT2D eigenvalue weighted by Crippen LogP contribution is -2.33. The van der Waals surface area contributed by atoms with Crippen molar-refractivity contribution in [1.82, 2.24) is 5.32 Å². The second kappa shape index (κ2) is 6.55. The Hall–Kier alpha value is -0.840. The van der Waals surface area contributed by atoms with Gasteiger partial charge < -0.3 is 5.32 Å². The van der Waals surface area contributed by atoms with E-state index in [9.17, 15) is 4.79 Å². The van der Waals surface area contributed by atoms with Gasteiger partial charge in [-0.2, -0.15) is 0 Å². The molecule has 1 amide bonds. The Balaban J connectivity index is 1.96. The fraction of sp³-hybridized carbons (Fsp3) is 0.214. The molecule has 2 nitrogen and oxygen atoms in total. The number of hydrogen-bond acceptors (Lipinski definition) is 2. The normalized spacial score (nSPS) is 12.2. The molecule has 0 radical (unpaired) electrons. The molecule has 1 aromatic carbocycles. The lowest BCUT2D eigenvalue weighted by molar-refractivity contribution is 0.0944. The largest absolute Gasteiger partial charge is 0.349 e. The molecule has 0 aliphatic carbocycles. The number of thiophene rings is 1. The van der Waals surface area contributed by atoms with Crippen molar-refractivity contribution in [3.63, 3.8) is 0 Å². The molecule has 2 rings (SSSR count). The average molecular weight is 359 g/mol. The van der Waals surface area contributed by atoms with Gasteiger partial charge in [-0.05, 0) is 53.0 Å². The number of rotatable bonds is 4. The summed E-state index contributed by atoms with van der Waals surface area (Å²) in [6.07, 6.45) is 0.720. The Morgan fingerprint density at radius 3 is 2.74 bits per heavy atom. The van der Waals surface area contributed by atoms with Gasteiger partial charge in [-0.25, -0.2) is 0 Å². The first-order valence-corrected chi connectivity index (χ1v) is 7.84. The molecule has 1 unspecified atom stereocenters. The highest BCUT2D eigenvalue weighted by Gasteiger charge is 2.13. The van der Waals surface area contributed by atoms with Gasteiger partial charge in [-0.1, -0.05) is 29.8 Å². The van der Waals surface area contributed by atoms with Crippen LogP contribution in [0.1, 0.15) is 22.2 Å². The van der Waals surface area contributed by atoms with Crippen LogP contribution in [0.2, 0.25) is 5.02 Å². The van der Waals surface area contributed by atoms with Crippen LogP contribution in [0.3, 0.4) is 0 Å². The summed E-state index contributed by atoms with van der Waals surface area (Å²) < 4.78 is 0.955. The van der Waals surface area contributed by atoms with Crippen LogP contribution >= 0.6 is 38.9 Å². The first-order chi connectivity index (χ1) is 9.06. The molecule has 0 fully saturated rings. The van der Waals surface area contributed by atoms with E-state index in [0.29, 0.717) is 4.88 Å². The number of carbonyl (C=O) groups is 1. The monoisotopic (exact) mass is 357 g/mol. The number of hydrogen-bond donors (Lipinski definition) is 1. The fourth-order valence-corrected chi connectivity index (χ4v) is 3.28. The van der Waals surface area contributed by atoms with Gasteiger partial charge in [0.15, 0.2) is 0 Å². The Labute approximate surface area is 129 Å². The van der Waals surface area contributed by atoms with E-state index in [-0.39, 0.29) is 11.9 Å². The molecule has 1 atom stereocenters. The standard InChI is InChI=1S/C14H13BrClNOS/c1-9(8-10-4-2-3-5-11(10)16)17-14(18)12-6-7-13(15)19-12/h2-7,9H,8H2,1H3,(H,17,18). The molecule has 1 N–H and O–H groups in total. The highest BCUT2D eigenvalue weighted by Crippen LogP contribution is 2.22. The van der Waals surface area contributed by atoms with Crippen molar-refractivity contribution in [2.24, 2.45) is 0 Å². The second-order valence-corrected chi connectivity index (χ2v) is 7.14. The van der Waals surface area contributed by atoms with Gasteiger partial charge in [-0.3, -0.25) is 4.79 Å². The van der Waals surface area contributed by atoms with Crippen LogP contribution in [-0.2, 0) is 6.42 Å². The van der Waals surface area contributed by atoms with Crippen LogP contribution < -0.4 is 5.32 Å². The van der Waals surface area contributed by atoms with Crippen molar-refractivity contribution in [1.29, 1.82) is 0 Å². The van der Waals surface area contributed by atoms with Gasteiger partial charge in [0.2, 0.25) is 0 Å². The summed E-state index contributed by atoms with van der Waals surface area (Å²) in [7, 11) is 0. The van der Waals surface area contributed by atoms with Crippen LogP contribution in [0.4, 0.5) is 0 Å². The average Bonchev–Trinajstić information content (AvgIpc) is 2.79. The van der Waals surface area contributed by atoms with Crippen LogP contribution in [0.25, 0.3) is 0 Å². The zero-order valence-corrected chi connectivity index (χ0v) is 13.5.